The summed E-state index contributed by atoms with van der Waals surface area (Å²) in [5.41, 5.74) is 0.636. The number of rotatable bonds is 4. The average molecular weight is 374 g/mol. The Morgan fingerprint density at radius 1 is 1.12 bits per heavy atom. The minimum atomic E-state index is -1.02. The molecule has 2 aromatic carbocycles. The molecular weight excluding hydrogens is 361 g/mol. The van der Waals surface area contributed by atoms with Gasteiger partial charge in [0.15, 0.2) is 5.82 Å². The lowest BCUT2D eigenvalue weighted by molar-refractivity contribution is -0.136. The van der Waals surface area contributed by atoms with Crippen molar-refractivity contribution in [3.63, 3.8) is 0 Å². The van der Waals surface area contributed by atoms with Gasteiger partial charge in [0.2, 0.25) is 0 Å². The molecule has 1 aromatic heterocycles. The van der Waals surface area contributed by atoms with Crippen molar-refractivity contribution >= 4 is 29.1 Å². The van der Waals surface area contributed by atoms with Gasteiger partial charge in [0.1, 0.15) is 12.1 Å². The molecule has 2 amide bonds. The van der Waals surface area contributed by atoms with Crippen LogP contribution < -0.4 is 10.6 Å². The fourth-order valence-corrected chi connectivity index (χ4v) is 2.37. The summed E-state index contributed by atoms with van der Waals surface area (Å²) in [5, 5.41) is 12.6. The van der Waals surface area contributed by atoms with Crippen LogP contribution in [-0.2, 0) is 16.1 Å². The molecule has 0 spiro atoms. The van der Waals surface area contributed by atoms with Crippen LogP contribution in [0.2, 0.25) is 5.02 Å². The van der Waals surface area contributed by atoms with Crippen LogP contribution in [0.3, 0.4) is 0 Å². The Morgan fingerprint density at radius 2 is 1.88 bits per heavy atom. The Labute approximate surface area is 152 Å². The highest BCUT2D eigenvalue weighted by Crippen LogP contribution is 2.19. The van der Waals surface area contributed by atoms with Gasteiger partial charge in [-0.3, -0.25) is 14.2 Å². The normalized spacial score (nSPS) is 10.4. The third-order valence-corrected chi connectivity index (χ3v) is 3.68. The molecular formula is C17H13ClFN5O2. The summed E-state index contributed by atoms with van der Waals surface area (Å²) in [5.74, 6) is -2.21. The molecule has 0 aliphatic carbocycles. The number of benzene rings is 2. The van der Waals surface area contributed by atoms with Crippen molar-refractivity contribution in [1.82, 2.24) is 20.1 Å². The first-order chi connectivity index (χ1) is 12.5. The zero-order valence-corrected chi connectivity index (χ0v) is 14.1. The largest absolute Gasteiger partial charge is 0.341 e. The lowest BCUT2D eigenvalue weighted by Gasteiger charge is -2.09. The van der Waals surface area contributed by atoms with Crippen LogP contribution in [0.4, 0.5) is 10.1 Å². The summed E-state index contributed by atoms with van der Waals surface area (Å²) >= 11 is 5.75. The molecule has 0 unspecified atom stereocenters. The van der Waals surface area contributed by atoms with Crippen molar-refractivity contribution in [2.75, 3.05) is 5.32 Å². The number of anilines is 1. The number of halogens is 2. The van der Waals surface area contributed by atoms with Crippen LogP contribution in [0.1, 0.15) is 5.82 Å². The molecule has 0 radical (unpaired) electrons. The molecule has 1 heterocycles. The van der Waals surface area contributed by atoms with Crippen LogP contribution in [0.5, 0.6) is 0 Å². The number of nitrogens with one attached hydrogen (secondary N) is 2. The van der Waals surface area contributed by atoms with E-state index in [0.29, 0.717) is 5.82 Å². The minimum Gasteiger partial charge on any atom is -0.341 e. The first kappa shape index (κ1) is 17.6. The summed E-state index contributed by atoms with van der Waals surface area (Å²) in [7, 11) is 0. The number of hydrogen-bond acceptors (Lipinski definition) is 4. The molecule has 0 fully saturated rings. The highest BCUT2D eigenvalue weighted by molar-refractivity contribution is 6.39. The third-order valence-electron chi connectivity index (χ3n) is 3.44. The first-order valence-corrected chi connectivity index (χ1v) is 7.91. The number of hydrogen-bond donors (Lipinski definition) is 2. The lowest BCUT2D eigenvalue weighted by Crippen LogP contribution is -2.35. The summed E-state index contributed by atoms with van der Waals surface area (Å²) < 4.78 is 15.3. The van der Waals surface area contributed by atoms with Gasteiger partial charge in [-0.2, -0.15) is 0 Å². The number of aromatic nitrogens is 3. The van der Waals surface area contributed by atoms with Crippen molar-refractivity contribution in [2.45, 2.75) is 6.54 Å². The molecule has 2 N–H and O–H groups in total. The quantitative estimate of drug-likeness (QED) is 0.687. The average Bonchev–Trinajstić information content (AvgIpc) is 3.12. The molecule has 0 aliphatic heterocycles. The van der Waals surface area contributed by atoms with Gasteiger partial charge >= 0.3 is 11.8 Å². The smallest absolute Gasteiger partial charge is 0.313 e. The van der Waals surface area contributed by atoms with Gasteiger partial charge < -0.3 is 10.6 Å². The molecule has 132 valence electrons. The Balaban J connectivity index is 1.64. The van der Waals surface area contributed by atoms with E-state index in [1.807, 2.05) is 30.3 Å². The number of nitrogens with zero attached hydrogens (tertiary/aromatic N) is 3. The molecule has 0 aliphatic rings. The summed E-state index contributed by atoms with van der Waals surface area (Å²) in [6.07, 6.45) is 1.50. The van der Waals surface area contributed by atoms with Crippen molar-refractivity contribution in [2.24, 2.45) is 0 Å². The predicted octanol–water partition coefficient (Wildman–Crippen LogP) is 2.31. The summed E-state index contributed by atoms with van der Waals surface area (Å²) in [4.78, 5) is 23.9. The van der Waals surface area contributed by atoms with Gasteiger partial charge in [-0.25, -0.2) is 4.39 Å². The zero-order valence-electron chi connectivity index (χ0n) is 13.3. The van der Waals surface area contributed by atoms with Crippen LogP contribution in [0, 0.1) is 5.82 Å². The summed E-state index contributed by atoms with van der Waals surface area (Å²) in [6.45, 7) is -0.0286. The molecule has 3 aromatic rings. The minimum absolute atomic E-state index is 0.0286. The van der Waals surface area contributed by atoms with Crippen molar-refractivity contribution in [3.8, 4) is 5.69 Å². The molecule has 7 nitrogen and oxygen atoms in total. The fourth-order valence-electron chi connectivity index (χ4n) is 2.20. The Kier molecular flexibility index (Phi) is 5.23. The van der Waals surface area contributed by atoms with Crippen LogP contribution in [-0.4, -0.2) is 26.6 Å². The maximum Gasteiger partial charge on any atom is 0.313 e. The van der Waals surface area contributed by atoms with E-state index in [1.165, 1.54) is 18.5 Å². The molecule has 26 heavy (non-hydrogen) atoms. The SMILES string of the molecule is O=C(NCc1nncn1-c1ccccc1)C(=O)Nc1cc(Cl)ccc1F. The van der Waals surface area contributed by atoms with Crippen molar-refractivity contribution < 1.29 is 14.0 Å². The Morgan fingerprint density at radius 3 is 2.65 bits per heavy atom. The van der Waals surface area contributed by atoms with E-state index in [9.17, 15) is 14.0 Å². The standard InChI is InChI=1S/C17H13ClFN5O2/c18-11-6-7-13(19)14(8-11)22-17(26)16(25)20-9-15-23-21-10-24(15)12-4-2-1-3-5-12/h1-8,10H,9H2,(H,20,25)(H,22,26). The topological polar surface area (TPSA) is 88.9 Å². The molecule has 0 saturated heterocycles. The van der Waals surface area contributed by atoms with Crippen LogP contribution in [0.15, 0.2) is 54.9 Å². The third kappa shape index (κ3) is 4.04. The maximum atomic E-state index is 13.6. The van der Waals surface area contributed by atoms with Gasteiger partial charge in [-0.15, -0.1) is 10.2 Å². The Bertz CT molecular complexity index is 945. The number of amides is 2. The molecule has 9 heteroatoms. The lowest BCUT2D eigenvalue weighted by atomic mass is 10.3. The van der Waals surface area contributed by atoms with Crippen molar-refractivity contribution in [3.05, 3.63) is 71.5 Å². The molecule has 0 bridgehead atoms. The molecule has 0 atom stereocenters. The van der Waals surface area contributed by atoms with E-state index in [4.69, 9.17) is 11.6 Å². The van der Waals surface area contributed by atoms with E-state index >= 15 is 0 Å². The Hall–Kier alpha value is -3.26. The highest BCUT2D eigenvalue weighted by atomic mass is 35.5. The molecule has 0 saturated carbocycles. The highest BCUT2D eigenvalue weighted by Gasteiger charge is 2.17. The van der Waals surface area contributed by atoms with Crippen LogP contribution >= 0.6 is 11.6 Å². The second-order valence-corrected chi connectivity index (χ2v) is 5.65. The number of para-hydroxylation sites is 1. The van der Waals surface area contributed by atoms with Gasteiger partial charge in [0.05, 0.1) is 12.2 Å². The van der Waals surface area contributed by atoms with Gasteiger partial charge in [0, 0.05) is 10.7 Å². The first-order valence-electron chi connectivity index (χ1n) is 7.53. The van der Waals surface area contributed by atoms with E-state index < -0.39 is 17.6 Å². The number of carbonyl (C=O) groups excluding carboxylic acids is 2. The fraction of sp³-hybridized carbons (Fsp3) is 0.0588. The second kappa shape index (κ2) is 7.75. The van der Waals surface area contributed by atoms with E-state index in [0.717, 1.165) is 11.8 Å². The molecule has 3 rings (SSSR count). The second-order valence-electron chi connectivity index (χ2n) is 5.21. The van der Waals surface area contributed by atoms with E-state index in [2.05, 4.69) is 20.8 Å². The number of carbonyl (C=O) groups is 2. The van der Waals surface area contributed by atoms with Gasteiger partial charge in [-0.05, 0) is 30.3 Å². The maximum absolute atomic E-state index is 13.6. The van der Waals surface area contributed by atoms with E-state index in [1.54, 1.807) is 4.57 Å². The van der Waals surface area contributed by atoms with Gasteiger partial charge in [-0.1, -0.05) is 29.8 Å². The summed E-state index contributed by atoms with van der Waals surface area (Å²) in [6, 6.07) is 12.9. The van der Waals surface area contributed by atoms with Gasteiger partial charge in [0.25, 0.3) is 0 Å². The van der Waals surface area contributed by atoms with E-state index in [-0.39, 0.29) is 17.3 Å². The zero-order chi connectivity index (χ0) is 18.5. The monoisotopic (exact) mass is 373 g/mol. The van der Waals surface area contributed by atoms with Crippen LogP contribution in [0.25, 0.3) is 5.69 Å². The van der Waals surface area contributed by atoms with Crippen molar-refractivity contribution in [1.29, 1.82) is 0 Å². The predicted molar refractivity (Wildman–Crippen MR) is 93.2 cm³/mol.